The van der Waals surface area contributed by atoms with Gasteiger partial charge in [0.2, 0.25) is 11.8 Å². The number of hydrogen-bond donors (Lipinski definition) is 2. The van der Waals surface area contributed by atoms with Crippen molar-refractivity contribution in [1.82, 2.24) is 5.32 Å². The van der Waals surface area contributed by atoms with Crippen molar-refractivity contribution in [3.8, 4) is 11.5 Å². The minimum Gasteiger partial charge on any atom is -0.497 e. The van der Waals surface area contributed by atoms with Crippen molar-refractivity contribution in [2.45, 2.75) is 12.1 Å². The van der Waals surface area contributed by atoms with Crippen LogP contribution in [0.15, 0.2) is 48.5 Å². The standard InChI is InChI=1S/C21H20N2O6/c1-28-12-8-9-14(29-2)13(10-12)17-15-16(18(22-17)21(26)27)20(25)23(19(15)24)11-6-4-3-5-7-11/h3-10,15-18,22H,1-2H3,(H,26,27)/t15-,16+,17-,18-/m0/s1. The molecule has 2 aliphatic rings. The van der Waals surface area contributed by atoms with Crippen molar-refractivity contribution in [2.75, 3.05) is 19.1 Å². The summed E-state index contributed by atoms with van der Waals surface area (Å²) >= 11 is 0. The zero-order chi connectivity index (χ0) is 20.7. The first kappa shape index (κ1) is 18.9. The minimum atomic E-state index is -1.19. The van der Waals surface area contributed by atoms with E-state index in [1.54, 1.807) is 48.5 Å². The quantitative estimate of drug-likeness (QED) is 0.740. The molecule has 4 rings (SSSR count). The first-order chi connectivity index (χ1) is 14.0. The second-order valence-corrected chi connectivity index (χ2v) is 6.97. The summed E-state index contributed by atoms with van der Waals surface area (Å²) in [5.74, 6) is -3.00. The number of rotatable bonds is 5. The average Bonchev–Trinajstić information content (AvgIpc) is 3.25. The molecule has 2 aromatic rings. The Morgan fingerprint density at radius 3 is 2.31 bits per heavy atom. The van der Waals surface area contributed by atoms with E-state index < -0.39 is 41.7 Å². The van der Waals surface area contributed by atoms with Gasteiger partial charge in [-0.15, -0.1) is 0 Å². The van der Waals surface area contributed by atoms with Crippen LogP contribution in [0.25, 0.3) is 0 Å². The van der Waals surface area contributed by atoms with E-state index in [4.69, 9.17) is 9.47 Å². The molecular weight excluding hydrogens is 376 g/mol. The molecule has 2 aromatic carbocycles. The number of carbonyl (C=O) groups excluding carboxylic acids is 2. The summed E-state index contributed by atoms with van der Waals surface area (Å²) in [7, 11) is 3.00. The number of fused-ring (bicyclic) bond motifs is 1. The molecule has 0 bridgehead atoms. The molecule has 0 aliphatic carbocycles. The summed E-state index contributed by atoms with van der Waals surface area (Å²) in [5.41, 5.74) is 0.999. The van der Waals surface area contributed by atoms with Gasteiger partial charge < -0.3 is 14.6 Å². The normalized spacial score (nSPS) is 25.8. The topological polar surface area (TPSA) is 105 Å². The fraction of sp³-hybridized carbons (Fsp3) is 0.286. The van der Waals surface area contributed by atoms with Crippen molar-refractivity contribution < 1.29 is 29.0 Å². The first-order valence-corrected chi connectivity index (χ1v) is 9.11. The van der Waals surface area contributed by atoms with Gasteiger partial charge in [-0.2, -0.15) is 0 Å². The molecule has 2 N–H and O–H groups in total. The molecule has 0 aromatic heterocycles. The number of para-hydroxylation sites is 1. The van der Waals surface area contributed by atoms with E-state index in [9.17, 15) is 19.5 Å². The number of carbonyl (C=O) groups is 3. The van der Waals surface area contributed by atoms with Crippen LogP contribution in [0.3, 0.4) is 0 Å². The summed E-state index contributed by atoms with van der Waals surface area (Å²) in [4.78, 5) is 39.4. The summed E-state index contributed by atoms with van der Waals surface area (Å²) in [6, 6.07) is 11.7. The van der Waals surface area contributed by atoms with Crippen LogP contribution in [0.4, 0.5) is 5.69 Å². The van der Waals surface area contributed by atoms with Gasteiger partial charge in [0, 0.05) is 11.6 Å². The van der Waals surface area contributed by atoms with Crippen LogP contribution in [0.2, 0.25) is 0 Å². The Balaban J connectivity index is 1.82. The van der Waals surface area contributed by atoms with E-state index in [1.807, 2.05) is 0 Å². The monoisotopic (exact) mass is 396 g/mol. The van der Waals surface area contributed by atoms with Crippen LogP contribution in [0, 0.1) is 11.8 Å². The van der Waals surface area contributed by atoms with Crippen LogP contribution in [0.1, 0.15) is 11.6 Å². The molecule has 2 aliphatic heterocycles. The third kappa shape index (κ3) is 2.92. The molecule has 2 saturated heterocycles. The average molecular weight is 396 g/mol. The maximum atomic E-state index is 13.3. The number of methoxy groups -OCH3 is 2. The van der Waals surface area contributed by atoms with E-state index in [2.05, 4.69) is 5.32 Å². The van der Waals surface area contributed by atoms with Gasteiger partial charge in [-0.05, 0) is 30.3 Å². The largest absolute Gasteiger partial charge is 0.497 e. The van der Waals surface area contributed by atoms with Gasteiger partial charge in [-0.3, -0.25) is 19.7 Å². The van der Waals surface area contributed by atoms with Crippen molar-refractivity contribution >= 4 is 23.5 Å². The number of carboxylic acids is 1. The van der Waals surface area contributed by atoms with Gasteiger partial charge in [0.15, 0.2) is 0 Å². The van der Waals surface area contributed by atoms with Crippen molar-refractivity contribution in [1.29, 1.82) is 0 Å². The molecular formula is C21H20N2O6. The molecule has 4 atom stereocenters. The molecule has 0 unspecified atom stereocenters. The number of ether oxygens (including phenoxy) is 2. The molecule has 150 valence electrons. The predicted molar refractivity (Wildman–Crippen MR) is 103 cm³/mol. The molecule has 0 spiro atoms. The SMILES string of the molecule is COc1ccc(OC)c([C@@H]2N[C@H](C(=O)O)[C@@H]3C(=O)N(c4ccccc4)C(=O)[C@@H]32)c1. The summed E-state index contributed by atoms with van der Waals surface area (Å²) in [6.07, 6.45) is 0. The number of nitrogens with zero attached hydrogens (tertiary/aromatic N) is 1. The highest BCUT2D eigenvalue weighted by Crippen LogP contribution is 2.47. The van der Waals surface area contributed by atoms with Gasteiger partial charge in [0.25, 0.3) is 0 Å². The highest BCUT2D eigenvalue weighted by Gasteiger charge is 2.61. The fourth-order valence-corrected chi connectivity index (χ4v) is 4.24. The highest BCUT2D eigenvalue weighted by atomic mass is 16.5. The second-order valence-electron chi connectivity index (χ2n) is 6.97. The Hall–Kier alpha value is -3.39. The Bertz CT molecular complexity index is 976. The minimum absolute atomic E-state index is 0.428. The van der Waals surface area contributed by atoms with Crippen molar-refractivity contribution in [3.05, 3.63) is 54.1 Å². The van der Waals surface area contributed by atoms with Crippen LogP contribution in [-0.4, -0.2) is 43.2 Å². The van der Waals surface area contributed by atoms with Crippen molar-refractivity contribution in [3.63, 3.8) is 0 Å². The zero-order valence-corrected chi connectivity index (χ0v) is 15.9. The lowest BCUT2D eigenvalue weighted by molar-refractivity contribution is -0.142. The number of aliphatic carboxylic acids is 1. The zero-order valence-electron chi connectivity index (χ0n) is 15.9. The summed E-state index contributed by atoms with van der Waals surface area (Å²) in [5, 5.41) is 12.7. The third-order valence-corrected chi connectivity index (χ3v) is 5.53. The Morgan fingerprint density at radius 1 is 1.00 bits per heavy atom. The van der Waals surface area contributed by atoms with E-state index in [1.165, 1.54) is 14.2 Å². The Morgan fingerprint density at radius 2 is 1.69 bits per heavy atom. The van der Waals surface area contributed by atoms with Crippen LogP contribution in [-0.2, 0) is 14.4 Å². The number of carboxylic acid groups (broad SMARTS) is 1. The van der Waals surface area contributed by atoms with Crippen molar-refractivity contribution in [2.24, 2.45) is 11.8 Å². The van der Waals surface area contributed by atoms with Crippen LogP contribution in [0.5, 0.6) is 11.5 Å². The van der Waals surface area contributed by atoms with E-state index in [0.717, 1.165) is 4.90 Å². The van der Waals surface area contributed by atoms with E-state index in [-0.39, 0.29) is 0 Å². The summed E-state index contributed by atoms with van der Waals surface area (Å²) in [6.45, 7) is 0. The maximum Gasteiger partial charge on any atom is 0.321 e. The number of anilines is 1. The molecule has 2 heterocycles. The molecule has 8 heteroatoms. The number of imide groups is 1. The summed E-state index contributed by atoms with van der Waals surface area (Å²) < 4.78 is 10.7. The van der Waals surface area contributed by atoms with Gasteiger partial charge >= 0.3 is 5.97 Å². The second kappa shape index (κ2) is 7.21. The number of amides is 2. The predicted octanol–water partition coefficient (Wildman–Crippen LogP) is 1.61. The molecule has 2 fully saturated rings. The van der Waals surface area contributed by atoms with E-state index >= 15 is 0 Å². The highest BCUT2D eigenvalue weighted by molar-refractivity contribution is 6.23. The Kier molecular flexibility index (Phi) is 4.71. The Labute approximate surface area is 167 Å². The fourth-order valence-electron chi connectivity index (χ4n) is 4.24. The lowest BCUT2D eigenvalue weighted by atomic mass is 9.86. The lowest BCUT2D eigenvalue weighted by Gasteiger charge is -2.23. The number of nitrogens with one attached hydrogen (secondary N) is 1. The molecule has 29 heavy (non-hydrogen) atoms. The smallest absolute Gasteiger partial charge is 0.321 e. The molecule has 0 saturated carbocycles. The van der Waals surface area contributed by atoms with Crippen LogP contribution >= 0.6 is 0 Å². The lowest BCUT2D eigenvalue weighted by Crippen LogP contribution is -2.43. The van der Waals surface area contributed by atoms with Gasteiger partial charge in [0.1, 0.15) is 17.5 Å². The van der Waals surface area contributed by atoms with Crippen LogP contribution < -0.4 is 19.7 Å². The molecule has 0 radical (unpaired) electrons. The molecule has 2 amide bonds. The maximum absolute atomic E-state index is 13.3. The van der Waals surface area contributed by atoms with Gasteiger partial charge in [0.05, 0.1) is 31.7 Å². The third-order valence-electron chi connectivity index (χ3n) is 5.53. The van der Waals surface area contributed by atoms with Gasteiger partial charge in [-0.25, -0.2) is 4.90 Å². The number of hydrogen-bond acceptors (Lipinski definition) is 6. The van der Waals surface area contributed by atoms with Gasteiger partial charge in [-0.1, -0.05) is 18.2 Å². The number of benzene rings is 2. The molecule has 8 nitrogen and oxygen atoms in total. The van der Waals surface area contributed by atoms with E-state index in [0.29, 0.717) is 22.7 Å². The first-order valence-electron chi connectivity index (χ1n) is 9.11.